The number of halogens is 1. The van der Waals surface area contributed by atoms with Gasteiger partial charge in [-0.05, 0) is 38.3 Å². The van der Waals surface area contributed by atoms with Crippen molar-refractivity contribution in [2.45, 2.75) is 38.3 Å². The van der Waals surface area contributed by atoms with Crippen LogP contribution in [0, 0.1) is 6.92 Å². The minimum atomic E-state index is -0.939. The van der Waals surface area contributed by atoms with Crippen molar-refractivity contribution >= 4 is 11.5 Å². The average Bonchev–Trinajstić information content (AvgIpc) is 2.78. The molecule has 2 aliphatic rings. The number of amidine groups is 1. The lowest BCUT2D eigenvalue weighted by atomic mass is 10.0. The highest BCUT2D eigenvalue weighted by Gasteiger charge is 2.51. The first-order valence-corrected chi connectivity index (χ1v) is 8.94. The minimum Gasteiger partial charge on any atom is -1.00 e. The molecule has 0 saturated heterocycles. The lowest BCUT2D eigenvalue weighted by molar-refractivity contribution is -0.658. The van der Waals surface area contributed by atoms with Gasteiger partial charge in [0.2, 0.25) is 0 Å². The van der Waals surface area contributed by atoms with E-state index in [0.29, 0.717) is 6.54 Å². The molecule has 0 radical (unpaired) electrons. The van der Waals surface area contributed by atoms with Crippen molar-refractivity contribution in [1.82, 2.24) is 0 Å². The minimum absolute atomic E-state index is 0. The number of aryl methyl sites for hydroxylation is 1. The molecule has 0 fully saturated rings. The molecule has 4 heteroatoms. The molecule has 2 aliphatic heterocycles. The zero-order valence-corrected chi connectivity index (χ0v) is 16.2. The van der Waals surface area contributed by atoms with Crippen LogP contribution in [-0.4, -0.2) is 28.6 Å². The Morgan fingerprint density at radius 1 is 0.960 bits per heavy atom. The second kappa shape index (κ2) is 7.30. The van der Waals surface area contributed by atoms with Crippen molar-refractivity contribution in [2.75, 3.05) is 18.0 Å². The van der Waals surface area contributed by atoms with Gasteiger partial charge in [-0.1, -0.05) is 48.0 Å². The smallest absolute Gasteiger partial charge is 0.271 e. The highest BCUT2D eigenvalue weighted by Crippen LogP contribution is 2.35. The van der Waals surface area contributed by atoms with E-state index in [1.165, 1.54) is 29.9 Å². The molecule has 0 spiro atoms. The summed E-state index contributed by atoms with van der Waals surface area (Å²) in [7, 11) is 0. The molecule has 0 aromatic heterocycles. The molecule has 25 heavy (non-hydrogen) atoms. The molecule has 0 bridgehead atoms. The van der Waals surface area contributed by atoms with Gasteiger partial charge < -0.3 is 22.1 Å². The fraction of sp³-hybridized carbons (Fsp3) is 0.381. The zero-order valence-electron chi connectivity index (χ0n) is 14.7. The van der Waals surface area contributed by atoms with Crippen molar-refractivity contribution in [2.24, 2.45) is 0 Å². The maximum atomic E-state index is 11.6. The van der Waals surface area contributed by atoms with Crippen LogP contribution in [-0.2, 0) is 5.72 Å². The quantitative estimate of drug-likeness (QED) is 0.749. The molecule has 4 rings (SSSR count). The van der Waals surface area contributed by atoms with E-state index in [-0.39, 0.29) is 17.0 Å². The molecular formula is C21H25BrN2O. The normalized spacial score (nSPS) is 23.0. The topological polar surface area (TPSA) is 26.5 Å². The van der Waals surface area contributed by atoms with Crippen LogP contribution in [0.3, 0.4) is 0 Å². The third-order valence-corrected chi connectivity index (χ3v) is 5.31. The monoisotopic (exact) mass is 400 g/mol. The lowest BCUT2D eigenvalue weighted by Crippen LogP contribution is -3.00. The summed E-state index contributed by atoms with van der Waals surface area (Å²) in [5.74, 6) is 1.27. The van der Waals surface area contributed by atoms with Crippen molar-refractivity contribution in [1.29, 1.82) is 0 Å². The van der Waals surface area contributed by atoms with Crippen LogP contribution in [0.15, 0.2) is 54.6 Å². The summed E-state index contributed by atoms with van der Waals surface area (Å²) in [5.41, 5.74) is 2.48. The van der Waals surface area contributed by atoms with E-state index in [2.05, 4.69) is 40.7 Å². The first-order chi connectivity index (χ1) is 11.7. The highest BCUT2D eigenvalue weighted by molar-refractivity contribution is 5.95. The SMILES string of the molecule is Cc1ccc(N2CC(O)(c3ccccc3)[N+]3=C2CCCCC3)cc1.[Br-]. The van der Waals surface area contributed by atoms with Crippen LogP contribution in [0.2, 0.25) is 0 Å². The molecule has 0 saturated carbocycles. The Morgan fingerprint density at radius 2 is 1.68 bits per heavy atom. The fourth-order valence-electron chi connectivity index (χ4n) is 3.99. The van der Waals surface area contributed by atoms with E-state index in [9.17, 15) is 5.11 Å². The van der Waals surface area contributed by atoms with Gasteiger partial charge in [0.25, 0.3) is 11.6 Å². The van der Waals surface area contributed by atoms with Gasteiger partial charge in [0, 0.05) is 12.0 Å². The number of aliphatic hydroxyl groups is 1. The van der Waals surface area contributed by atoms with E-state index in [4.69, 9.17) is 0 Å². The van der Waals surface area contributed by atoms with Gasteiger partial charge in [0.1, 0.15) is 5.69 Å². The molecule has 2 aromatic rings. The summed E-state index contributed by atoms with van der Waals surface area (Å²) in [6.45, 7) is 3.62. The van der Waals surface area contributed by atoms with Gasteiger partial charge in [0.15, 0.2) is 6.54 Å². The summed E-state index contributed by atoms with van der Waals surface area (Å²) in [5, 5.41) is 11.6. The maximum absolute atomic E-state index is 11.6. The number of nitrogens with zero attached hydrogens (tertiary/aromatic N) is 2. The highest BCUT2D eigenvalue weighted by atomic mass is 79.9. The van der Waals surface area contributed by atoms with Gasteiger partial charge in [0.05, 0.1) is 6.54 Å². The Balaban J connectivity index is 0.00000182. The number of β-amino-alcohol motifs (C(OH)–C–C–N with tert-alkyl or cyclic N) is 1. The Hall–Kier alpha value is -1.65. The number of benzene rings is 2. The number of rotatable bonds is 2. The lowest BCUT2D eigenvalue weighted by Gasteiger charge is -2.23. The van der Waals surface area contributed by atoms with Crippen LogP contribution in [0.1, 0.15) is 36.8 Å². The van der Waals surface area contributed by atoms with Crippen molar-refractivity contribution < 1.29 is 26.7 Å². The third kappa shape index (κ3) is 3.25. The van der Waals surface area contributed by atoms with E-state index in [1.807, 2.05) is 30.3 Å². The summed E-state index contributed by atoms with van der Waals surface area (Å²) in [6, 6.07) is 18.8. The molecule has 3 nitrogen and oxygen atoms in total. The molecule has 2 heterocycles. The van der Waals surface area contributed by atoms with Crippen LogP contribution in [0.25, 0.3) is 0 Å². The largest absolute Gasteiger partial charge is 1.00 e. The Morgan fingerprint density at radius 3 is 2.40 bits per heavy atom. The maximum Gasteiger partial charge on any atom is 0.271 e. The number of hydrogen-bond donors (Lipinski definition) is 1. The molecule has 0 aliphatic carbocycles. The summed E-state index contributed by atoms with van der Waals surface area (Å²) >= 11 is 0. The van der Waals surface area contributed by atoms with Crippen molar-refractivity contribution in [3.63, 3.8) is 0 Å². The third-order valence-electron chi connectivity index (χ3n) is 5.31. The summed E-state index contributed by atoms with van der Waals surface area (Å²) in [4.78, 5) is 2.32. The summed E-state index contributed by atoms with van der Waals surface area (Å²) in [6.07, 6.45) is 4.59. The first kappa shape index (κ1) is 18.2. The van der Waals surface area contributed by atoms with Crippen LogP contribution in [0.5, 0.6) is 0 Å². The second-order valence-corrected chi connectivity index (χ2v) is 6.98. The predicted molar refractivity (Wildman–Crippen MR) is 97.5 cm³/mol. The van der Waals surface area contributed by atoms with Gasteiger partial charge in [-0.15, -0.1) is 0 Å². The van der Waals surface area contributed by atoms with E-state index in [0.717, 1.165) is 24.9 Å². The molecule has 1 unspecified atom stereocenters. The molecule has 0 amide bonds. The first-order valence-electron chi connectivity index (χ1n) is 8.94. The Bertz CT molecular complexity index is 757. The zero-order chi connectivity index (χ0) is 16.6. The molecule has 1 atom stereocenters. The summed E-state index contributed by atoms with van der Waals surface area (Å²) < 4.78 is 2.25. The predicted octanol–water partition coefficient (Wildman–Crippen LogP) is 0.649. The van der Waals surface area contributed by atoms with Crippen LogP contribution in [0.4, 0.5) is 5.69 Å². The van der Waals surface area contributed by atoms with Gasteiger partial charge in [-0.3, -0.25) is 0 Å². The van der Waals surface area contributed by atoms with Gasteiger partial charge in [-0.25, -0.2) is 9.48 Å². The van der Waals surface area contributed by atoms with Crippen molar-refractivity contribution in [3.8, 4) is 0 Å². The second-order valence-electron chi connectivity index (χ2n) is 6.98. The van der Waals surface area contributed by atoms with Crippen LogP contribution < -0.4 is 21.9 Å². The van der Waals surface area contributed by atoms with Crippen LogP contribution >= 0.6 is 0 Å². The molecule has 132 valence electrons. The standard InChI is InChI=1S/C21H25N2O.BrH/c1-17-11-13-19(14-12-17)22-16-21(24,18-8-4-2-5-9-18)23-15-7-3-6-10-20(22)23;/h2,4-5,8-9,11-14,24H,3,6-7,10,15-16H2,1H3;1H/q+1;/p-1. The van der Waals surface area contributed by atoms with E-state index >= 15 is 0 Å². The van der Waals surface area contributed by atoms with Gasteiger partial charge in [-0.2, -0.15) is 0 Å². The number of hydrogen-bond acceptors (Lipinski definition) is 2. The van der Waals surface area contributed by atoms with E-state index in [1.54, 1.807) is 0 Å². The van der Waals surface area contributed by atoms with Gasteiger partial charge >= 0.3 is 0 Å². The van der Waals surface area contributed by atoms with E-state index < -0.39 is 5.72 Å². The molecule has 1 N–H and O–H groups in total. The average molecular weight is 401 g/mol. The Labute approximate surface area is 160 Å². The molecule has 2 aromatic carbocycles. The fourth-order valence-corrected chi connectivity index (χ4v) is 3.99. The Kier molecular flexibility index (Phi) is 5.30. The van der Waals surface area contributed by atoms with Crippen molar-refractivity contribution in [3.05, 3.63) is 65.7 Å². The molecular weight excluding hydrogens is 376 g/mol. The number of anilines is 1.